The lowest BCUT2D eigenvalue weighted by Crippen LogP contribution is -2.32. The minimum absolute atomic E-state index is 0.861. The van der Waals surface area contributed by atoms with Gasteiger partial charge in [0.05, 0.1) is 5.02 Å². The Bertz CT molecular complexity index is 321. The quantitative estimate of drug-likeness (QED) is 0.799. The van der Waals surface area contributed by atoms with Gasteiger partial charge < -0.3 is 10.2 Å². The highest BCUT2D eigenvalue weighted by molar-refractivity contribution is 7.10. The van der Waals surface area contributed by atoms with Crippen LogP contribution in [-0.4, -0.2) is 31.1 Å². The molecule has 0 amide bonds. The molecule has 0 spiro atoms. The molecule has 4 heteroatoms. The number of likely N-dealkylation sites (tertiary alicyclic amines) is 1. The van der Waals surface area contributed by atoms with E-state index in [2.05, 4.69) is 10.2 Å². The lowest BCUT2D eigenvalue weighted by molar-refractivity contribution is 0.226. The Labute approximate surface area is 113 Å². The zero-order valence-corrected chi connectivity index (χ0v) is 11.8. The molecule has 1 saturated heterocycles. The minimum atomic E-state index is 0.861. The van der Waals surface area contributed by atoms with Crippen LogP contribution in [-0.2, 0) is 6.54 Å². The molecule has 0 unspecified atom stereocenters. The van der Waals surface area contributed by atoms with Crippen molar-refractivity contribution in [3.63, 3.8) is 0 Å². The smallest absolute Gasteiger partial charge is 0.0516 e. The van der Waals surface area contributed by atoms with Crippen molar-refractivity contribution >= 4 is 22.9 Å². The SMILES string of the molecule is Clc1csc(CNCCCN2CCCCC2)c1. The molecular formula is C13H21ClN2S. The van der Waals surface area contributed by atoms with Crippen LogP contribution in [0, 0.1) is 0 Å². The van der Waals surface area contributed by atoms with Gasteiger partial charge in [-0.3, -0.25) is 0 Å². The fraction of sp³-hybridized carbons (Fsp3) is 0.692. The Morgan fingerprint density at radius 2 is 2.12 bits per heavy atom. The lowest BCUT2D eigenvalue weighted by Gasteiger charge is -2.26. The van der Waals surface area contributed by atoms with Crippen LogP contribution in [0.3, 0.4) is 0 Å². The molecule has 1 aliphatic heterocycles. The first-order valence-corrected chi connectivity index (χ1v) is 7.76. The van der Waals surface area contributed by atoms with E-state index in [0.717, 1.165) is 18.1 Å². The average Bonchev–Trinajstić information content (AvgIpc) is 2.76. The second kappa shape index (κ2) is 7.37. The van der Waals surface area contributed by atoms with Gasteiger partial charge in [-0.15, -0.1) is 11.3 Å². The summed E-state index contributed by atoms with van der Waals surface area (Å²) in [4.78, 5) is 3.92. The summed E-state index contributed by atoms with van der Waals surface area (Å²) in [6.07, 6.45) is 5.45. The molecule has 1 aromatic rings. The number of nitrogens with zero attached hydrogens (tertiary/aromatic N) is 1. The van der Waals surface area contributed by atoms with Crippen LogP contribution < -0.4 is 5.32 Å². The summed E-state index contributed by atoms with van der Waals surface area (Å²) < 4.78 is 0. The molecule has 0 aliphatic carbocycles. The Morgan fingerprint density at radius 3 is 2.82 bits per heavy atom. The summed E-state index contributed by atoms with van der Waals surface area (Å²) in [5, 5.41) is 6.33. The molecule has 17 heavy (non-hydrogen) atoms. The molecule has 2 nitrogen and oxygen atoms in total. The molecule has 1 aliphatic rings. The lowest BCUT2D eigenvalue weighted by atomic mass is 10.1. The van der Waals surface area contributed by atoms with Crippen molar-refractivity contribution in [3.8, 4) is 0 Å². The largest absolute Gasteiger partial charge is 0.312 e. The second-order valence-electron chi connectivity index (χ2n) is 4.66. The zero-order chi connectivity index (χ0) is 11.9. The summed E-state index contributed by atoms with van der Waals surface area (Å²) in [5.74, 6) is 0. The van der Waals surface area contributed by atoms with Crippen LogP contribution >= 0.6 is 22.9 Å². The van der Waals surface area contributed by atoms with Gasteiger partial charge in [0.2, 0.25) is 0 Å². The summed E-state index contributed by atoms with van der Waals surface area (Å²) in [7, 11) is 0. The van der Waals surface area contributed by atoms with Crippen LogP contribution in [0.5, 0.6) is 0 Å². The monoisotopic (exact) mass is 272 g/mol. The molecule has 0 atom stereocenters. The summed E-state index contributed by atoms with van der Waals surface area (Å²) >= 11 is 7.61. The van der Waals surface area contributed by atoms with Gasteiger partial charge in [0.1, 0.15) is 0 Å². The fourth-order valence-corrected chi connectivity index (χ4v) is 3.31. The van der Waals surface area contributed by atoms with Gasteiger partial charge in [0.15, 0.2) is 0 Å². The van der Waals surface area contributed by atoms with Gasteiger partial charge in [-0.25, -0.2) is 0 Å². The van der Waals surface area contributed by atoms with Crippen molar-refractivity contribution in [1.82, 2.24) is 10.2 Å². The van der Waals surface area contributed by atoms with Crippen molar-refractivity contribution in [2.45, 2.75) is 32.2 Å². The van der Waals surface area contributed by atoms with E-state index in [9.17, 15) is 0 Å². The molecular weight excluding hydrogens is 252 g/mol. The number of hydrogen-bond donors (Lipinski definition) is 1. The van der Waals surface area contributed by atoms with Gasteiger partial charge in [-0.2, -0.15) is 0 Å². The summed E-state index contributed by atoms with van der Waals surface area (Å²) in [5.41, 5.74) is 0. The van der Waals surface area contributed by atoms with Gasteiger partial charge >= 0.3 is 0 Å². The van der Waals surface area contributed by atoms with Crippen molar-refractivity contribution in [2.75, 3.05) is 26.2 Å². The Morgan fingerprint density at radius 1 is 1.29 bits per heavy atom. The predicted molar refractivity (Wildman–Crippen MR) is 75.9 cm³/mol. The number of hydrogen-bond acceptors (Lipinski definition) is 3. The Hall–Kier alpha value is -0.0900. The molecule has 96 valence electrons. The molecule has 2 heterocycles. The zero-order valence-electron chi connectivity index (χ0n) is 10.3. The highest BCUT2D eigenvalue weighted by Gasteiger charge is 2.08. The van der Waals surface area contributed by atoms with E-state index in [-0.39, 0.29) is 0 Å². The van der Waals surface area contributed by atoms with E-state index in [1.54, 1.807) is 11.3 Å². The molecule has 2 rings (SSSR count). The molecule has 0 bridgehead atoms. The number of rotatable bonds is 6. The standard InChI is InChI=1S/C13H21ClN2S/c14-12-9-13(17-11-12)10-15-5-4-8-16-6-2-1-3-7-16/h9,11,15H,1-8,10H2. The van der Waals surface area contributed by atoms with Gasteiger partial charge in [-0.1, -0.05) is 18.0 Å². The molecule has 0 radical (unpaired) electrons. The first kappa shape index (κ1) is 13.3. The second-order valence-corrected chi connectivity index (χ2v) is 6.10. The average molecular weight is 273 g/mol. The van der Waals surface area contributed by atoms with Crippen LogP contribution in [0.15, 0.2) is 11.4 Å². The number of nitrogens with one attached hydrogen (secondary N) is 1. The summed E-state index contributed by atoms with van der Waals surface area (Å²) in [6, 6.07) is 2.05. The Kier molecular flexibility index (Phi) is 5.78. The highest BCUT2D eigenvalue weighted by atomic mass is 35.5. The fourth-order valence-electron chi connectivity index (χ4n) is 2.27. The van der Waals surface area contributed by atoms with Gasteiger partial charge in [-0.05, 0) is 51.5 Å². The van der Waals surface area contributed by atoms with Crippen molar-refractivity contribution in [1.29, 1.82) is 0 Å². The maximum Gasteiger partial charge on any atom is 0.0516 e. The first-order chi connectivity index (χ1) is 8.34. The van der Waals surface area contributed by atoms with E-state index in [0.29, 0.717) is 0 Å². The van der Waals surface area contributed by atoms with E-state index in [1.165, 1.54) is 50.2 Å². The molecule has 1 fully saturated rings. The molecule has 1 aromatic heterocycles. The van der Waals surface area contributed by atoms with Crippen molar-refractivity contribution in [2.24, 2.45) is 0 Å². The minimum Gasteiger partial charge on any atom is -0.312 e. The third kappa shape index (κ3) is 4.96. The third-order valence-corrected chi connectivity index (χ3v) is 4.48. The number of thiophene rings is 1. The van der Waals surface area contributed by atoms with E-state index < -0.39 is 0 Å². The first-order valence-electron chi connectivity index (χ1n) is 6.50. The molecule has 0 saturated carbocycles. The maximum atomic E-state index is 5.88. The maximum absolute atomic E-state index is 5.88. The number of piperidine rings is 1. The van der Waals surface area contributed by atoms with Crippen molar-refractivity contribution in [3.05, 3.63) is 21.3 Å². The molecule has 0 aromatic carbocycles. The van der Waals surface area contributed by atoms with Crippen molar-refractivity contribution < 1.29 is 0 Å². The van der Waals surface area contributed by atoms with Crippen LogP contribution in [0.25, 0.3) is 0 Å². The van der Waals surface area contributed by atoms with E-state index >= 15 is 0 Å². The topological polar surface area (TPSA) is 15.3 Å². The molecule has 1 N–H and O–H groups in total. The summed E-state index contributed by atoms with van der Waals surface area (Å²) in [6.45, 7) is 5.92. The predicted octanol–water partition coefficient (Wildman–Crippen LogP) is 3.37. The Balaban J connectivity index is 1.51. The third-order valence-electron chi connectivity index (χ3n) is 3.20. The number of halogens is 1. The van der Waals surface area contributed by atoms with E-state index in [4.69, 9.17) is 11.6 Å². The normalized spacial score (nSPS) is 17.5. The van der Waals surface area contributed by atoms with Gasteiger partial charge in [0.25, 0.3) is 0 Å². The van der Waals surface area contributed by atoms with Gasteiger partial charge in [0, 0.05) is 16.8 Å². The van der Waals surface area contributed by atoms with Crippen LogP contribution in [0.2, 0.25) is 5.02 Å². The van der Waals surface area contributed by atoms with Crippen LogP contribution in [0.4, 0.5) is 0 Å². The van der Waals surface area contributed by atoms with Crippen LogP contribution in [0.1, 0.15) is 30.6 Å². The van der Waals surface area contributed by atoms with E-state index in [1.807, 2.05) is 11.4 Å². The highest BCUT2D eigenvalue weighted by Crippen LogP contribution is 2.18.